The second-order valence-electron chi connectivity index (χ2n) is 7.15. The van der Waals surface area contributed by atoms with E-state index in [-0.39, 0.29) is 6.61 Å². The van der Waals surface area contributed by atoms with Crippen molar-refractivity contribution in [3.63, 3.8) is 0 Å². The Balaban J connectivity index is 1.50. The number of ether oxygens (including phenoxy) is 3. The molecule has 31 heavy (non-hydrogen) atoms. The van der Waals surface area contributed by atoms with E-state index in [0.717, 1.165) is 34.8 Å². The average Bonchev–Trinajstić information content (AvgIpc) is 3.13. The Labute approximate surface area is 181 Å². The summed E-state index contributed by atoms with van der Waals surface area (Å²) in [5, 5.41) is 0. The second kappa shape index (κ2) is 8.92. The number of rotatable bonds is 7. The van der Waals surface area contributed by atoms with Gasteiger partial charge in [-0.15, -0.1) is 0 Å². The van der Waals surface area contributed by atoms with Gasteiger partial charge in [-0.1, -0.05) is 25.1 Å². The first kappa shape index (κ1) is 20.5. The van der Waals surface area contributed by atoms with Crippen molar-refractivity contribution in [2.45, 2.75) is 20.0 Å². The SMILES string of the molecule is CCc1ccc(Oc2ccc3nc(COc4cccc(C(=O)OC)c4)n(C)c3c2)cc1. The monoisotopic (exact) mass is 416 g/mol. The Kier molecular flexibility index (Phi) is 5.89. The van der Waals surface area contributed by atoms with Crippen molar-refractivity contribution in [2.24, 2.45) is 7.05 Å². The number of hydrogen-bond acceptors (Lipinski definition) is 5. The Morgan fingerprint density at radius 3 is 2.48 bits per heavy atom. The molecule has 6 heteroatoms. The average molecular weight is 416 g/mol. The third kappa shape index (κ3) is 4.53. The smallest absolute Gasteiger partial charge is 0.337 e. The summed E-state index contributed by atoms with van der Waals surface area (Å²) in [6.07, 6.45) is 0.999. The van der Waals surface area contributed by atoms with Gasteiger partial charge in [0.05, 0.1) is 23.7 Å². The maximum absolute atomic E-state index is 11.7. The minimum Gasteiger partial charge on any atom is -0.486 e. The van der Waals surface area contributed by atoms with Gasteiger partial charge >= 0.3 is 5.97 Å². The van der Waals surface area contributed by atoms with Crippen molar-refractivity contribution >= 4 is 17.0 Å². The van der Waals surface area contributed by atoms with Crippen LogP contribution in [-0.4, -0.2) is 22.6 Å². The highest BCUT2D eigenvalue weighted by atomic mass is 16.5. The van der Waals surface area contributed by atoms with E-state index in [0.29, 0.717) is 11.3 Å². The van der Waals surface area contributed by atoms with Crippen LogP contribution in [0.25, 0.3) is 11.0 Å². The van der Waals surface area contributed by atoms with Gasteiger partial charge in [0.25, 0.3) is 0 Å². The van der Waals surface area contributed by atoms with Crippen LogP contribution in [0.5, 0.6) is 17.2 Å². The summed E-state index contributed by atoms with van der Waals surface area (Å²) in [6, 6.07) is 20.8. The number of esters is 1. The van der Waals surface area contributed by atoms with Gasteiger partial charge in [0, 0.05) is 13.1 Å². The standard InChI is InChI=1S/C25H24N2O4/c1-4-17-8-10-19(11-9-17)31-21-12-13-22-23(15-21)27(2)24(26-22)16-30-20-7-5-6-18(14-20)25(28)29-3/h5-15H,4,16H2,1-3H3. The van der Waals surface area contributed by atoms with Crippen molar-refractivity contribution in [2.75, 3.05) is 7.11 Å². The van der Waals surface area contributed by atoms with E-state index in [1.807, 2.05) is 41.9 Å². The minimum absolute atomic E-state index is 0.268. The number of carbonyl (C=O) groups excluding carboxylic acids is 1. The number of benzene rings is 3. The summed E-state index contributed by atoms with van der Waals surface area (Å²) in [7, 11) is 3.30. The van der Waals surface area contributed by atoms with Gasteiger partial charge in [-0.2, -0.15) is 0 Å². The molecule has 0 unspecified atom stereocenters. The van der Waals surface area contributed by atoms with E-state index >= 15 is 0 Å². The highest BCUT2D eigenvalue weighted by Crippen LogP contribution is 2.27. The fourth-order valence-corrected chi connectivity index (χ4v) is 3.32. The summed E-state index contributed by atoms with van der Waals surface area (Å²) in [5.74, 6) is 2.49. The number of fused-ring (bicyclic) bond motifs is 1. The summed E-state index contributed by atoms with van der Waals surface area (Å²) in [5.41, 5.74) is 3.53. The van der Waals surface area contributed by atoms with Crippen LogP contribution >= 0.6 is 0 Å². The lowest BCUT2D eigenvalue weighted by Gasteiger charge is -2.08. The van der Waals surface area contributed by atoms with Gasteiger partial charge in [-0.25, -0.2) is 9.78 Å². The number of aryl methyl sites for hydroxylation is 2. The van der Waals surface area contributed by atoms with Gasteiger partial charge in [-0.05, 0) is 54.4 Å². The van der Waals surface area contributed by atoms with Crippen LogP contribution in [0.2, 0.25) is 0 Å². The molecule has 4 rings (SSSR count). The quantitative estimate of drug-likeness (QED) is 0.383. The first-order valence-electron chi connectivity index (χ1n) is 10.1. The molecule has 1 heterocycles. The minimum atomic E-state index is -0.398. The van der Waals surface area contributed by atoms with Crippen molar-refractivity contribution < 1.29 is 19.0 Å². The number of aromatic nitrogens is 2. The molecule has 4 aromatic rings. The highest BCUT2D eigenvalue weighted by Gasteiger charge is 2.11. The largest absolute Gasteiger partial charge is 0.486 e. The molecule has 0 aliphatic carbocycles. The van der Waals surface area contributed by atoms with Gasteiger partial charge in [0.15, 0.2) is 0 Å². The van der Waals surface area contributed by atoms with Gasteiger partial charge in [0.2, 0.25) is 0 Å². The van der Waals surface area contributed by atoms with Crippen LogP contribution in [0, 0.1) is 0 Å². The van der Waals surface area contributed by atoms with Gasteiger partial charge in [-0.3, -0.25) is 0 Å². The second-order valence-corrected chi connectivity index (χ2v) is 7.15. The molecular weight excluding hydrogens is 392 g/mol. The zero-order valence-electron chi connectivity index (χ0n) is 17.8. The molecule has 1 aromatic heterocycles. The van der Waals surface area contributed by atoms with Crippen LogP contribution in [0.4, 0.5) is 0 Å². The van der Waals surface area contributed by atoms with E-state index in [1.54, 1.807) is 24.3 Å². The van der Waals surface area contributed by atoms with Gasteiger partial charge in [0.1, 0.15) is 29.7 Å². The van der Waals surface area contributed by atoms with E-state index in [1.165, 1.54) is 12.7 Å². The molecular formula is C25H24N2O4. The predicted octanol–water partition coefficient (Wildman–Crippen LogP) is 5.29. The molecule has 0 fully saturated rings. The molecule has 0 N–H and O–H groups in total. The van der Waals surface area contributed by atoms with Gasteiger partial charge < -0.3 is 18.8 Å². The Morgan fingerprint density at radius 2 is 1.74 bits per heavy atom. The lowest BCUT2D eigenvalue weighted by Crippen LogP contribution is -2.05. The maximum atomic E-state index is 11.7. The van der Waals surface area contributed by atoms with E-state index in [4.69, 9.17) is 14.2 Å². The molecule has 0 saturated heterocycles. The molecule has 0 aliphatic rings. The fraction of sp³-hybridized carbons (Fsp3) is 0.200. The number of imidazole rings is 1. The number of methoxy groups -OCH3 is 1. The Morgan fingerprint density at radius 1 is 0.968 bits per heavy atom. The summed E-state index contributed by atoms with van der Waals surface area (Å²) in [4.78, 5) is 16.4. The van der Waals surface area contributed by atoms with Crippen molar-refractivity contribution in [3.05, 3.63) is 83.7 Å². The first-order chi connectivity index (χ1) is 15.1. The van der Waals surface area contributed by atoms with Crippen molar-refractivity contribution in [1.29, 1.82) is 0 Å². The molecule has 0 radical (unpaired) electrons. The zero-order chi connectivity index (χ0) is 21.8. The van der Waals surface area contributed by atoms with Crippen LogP contribution in [0.1, 0.15) is 28.7 Å². The Bertz CT molecular complexity index is 1210. The molecule has 3 aromatic carbocycles. The van der Waals surface area contributed by atoms with Crippen LogP contribution in [0.15, 0.2) is 66.7 Å². The number of hydrogen-bond donors (Lipinski definition) is 0. The summed E-state index contributed by atoms with van der Waals surface area (Å²) in [6.45, 7) is 2.40. The fourth-order valence-electron chi connectivity index (χ4n) is 3.32. The number of nitrogens with zero attached hydrogens (tertiary/aromatic N) is 2. The van der Waals surface area contributed by atoms with Crippen LogP contribution in [0.3, 0.4) is 0 Å². The van der Waals surface area contributed by atoms with Crippen LogP contribution in [-0.2, 0) is 24.8 Å². The molecule has 0 saturated carbocycles. The summed E-state index contributed by atoms with van der Waals surface area (Å²) >= 11 is 0. The maximum Gasteiger partial charge on any atom is 0.337 e. The normalized spacial score (nSPS) is 10.8. The predicted molar refractivity (Wildman–Crippen MR) is 119 cm³/mol. The van der Waals surface area contributed by atoms with E-state index in [2.05, 4.69) is 24.0 Å². The van der Waals surface area contributed by atoms with Crippen molar-refractivity contribution in [1.82, 2.24) is 9.55 Å². The lowest BCUT2D eigenvalue weighted by atomic mass is 10.2. The van der Waals surface area contributed by atoms with E-state index in [9.17, 15) is 4.79 Å². The topological polar surface area (TPSA) is 62.6 Å². The van der Waals surface area contributed by atoms with Crippen molar-refractivity contribution in [3.8, 4) is 17.2 Å². The Hall–Kier alpha value is -3.80. The highest BCUT2D eigenvalue weighted by molar-refractivity contribution is 5.89. The van der Waals surface area contributed by atoms with Crippen LogP contribution < -0.4 is 9.47 Å². The molecule has 0 aliphatic heterocycles. The molecule has 158 valence electrons. The first-order valence-corrected chi connectivity index (χ1v) is 10.1. The third-order valence-electron chi connectivity index (χ3n) is 5.14. The third-order valence-corrected chi connectivity index (χ3v) is 5.14. The molecule has 0 bridgehead atoms. The zero-order valence-corrected chi connectivity index (χ0v) is 17.8. The molecule has 6 nitrogen and oxygen atoms in total. The van der Waals surface area contributed by atoms with E-state index < -0.39 is 5.97 Å². The molecule has 0 atom stereocenters. The number of carbonyl (C=O) groups is 1. The molecule has 0 amide bonds. The molecule has 0 spiro atoms. The lowest BCUT2D eigenvalue weighted by molar-refractivity contribution is 0.0600. The summed E-state index contributed by atoms with van der Waals surface area (Å²) < 4.78 is 18.6.